The van der Waals surface area contributed by atoms with Gasteiger partial charge in [0, 0.05) is 18.2 Å². The lowest BCUT2D eigenvalue weighted by molar-refractivity contribution is -0.139. The van der Waals surface area contributed by atoms with Gasteiger partial charge in [0.05, 0.1) is 24.8 Å². The number of amides is 2. The molecule has 3 aromatic rings. The number of anilines is 1. The van der Waals surface area contributed by atoms with E-state index in [2.05, 4.69) is 5.32 Å². The normalized spacial score (nSPS) is 14.2. The zero-order valence-electron chi connectivity index (χ0n) is 24.0. The number of ether oxygens (including phenoxy) is 2. The third-order valence-corrected chi connectivity index (χ3v) is 9.22. The topological polar surface area (TPSA) is 105 Å². The highest BCUT2D eigenvalue weighted by atomic mass is 32.2. The van der Waals surface area contributed by atoms with E-state index in [1.54, 1.807) is 31.2 Å². The van der Waals surface area contributed by atoms with Crippen LogP contribution in [0.4, 0.5) is 10.1 Å². The Kier molecular flexibility index (Phi) is 10.1. The first kappa shape index (κ1) is 30.8. The molecule has 1 N–H and O–H groups in total. The molecule has 1 aliphatic carbocycles. The van der Waals surface area contributed by atoms with Crippen LogP contribution in [0, 0.1) is 5.82 Å². The molecular formula is C31H36FN3O6S. The molecule has 9 nitrogen and oxygen atoms in total. The number of para-hydroxylation sites is 2. The summed E-state index contributed by atoms with van der Waals surface area (Å²) in [5, 5.41) is 2.99. The highest BCUT2D eigenvalue weighted by Gasteiger charge is 2.34. The van der Waals surface area contributed by atoms with Crippen molar-refractivity contribution < 1.29 is 31.9 Å². The Bertz CT molecular complexity index is 1490. The average Bonchev–Trinajstić information content (AvgIpc) is 3.52. The van der Waals surface area contributed by atoms with Gasteiger partial charge in [-0.1, -0.05) is 43.2 Å². The minimum Gasteiger partial charge on any atom is -0.497 e. The van der Waals surface area contributed by atoms with Crippen molar-refractivity contribution in [2.24, 2.45) is 0 Å². The van der Waals surface area contributed by atoms with Gasteiger partial charge in [0.1, 0.15) is 29.9 Å². The smallest absolute Gasteiger partial charge is 0.264 e. The van der Waals surface area contributed by atoms with Gasteiger partial charge >= 0.3 is 0 Å². The van der Waals surface area contributed by atoms with Crippen LogP contribution in [0.25, 0.3) is 0 Å². The summed E-state index contributed by atoms with van der Waals surface area (Å²) in [4.78, 5) is 28.5. The number of hydrogen-bond acceptors (Lipinski definition) is 6. The fraction of sp³-hybridized carbons (Fsp3) is 0.355. The third-order valence-electron chi connectivity index (χ3n) is 7.45. The van der Waals surface area contributed by atoms with E-state index in [9.17, 15) is 22.4 Å². The molecule has 0 aromatic heterocycles. The number of nitrogens with one attached hydrogen (secondary N) is 1. The molecule has 3 aromatic carbocycles. The van der Waals surface area contributed by atoms with E-state index in [1.165, 1.54) is 67.7 Å². The summed E-state index contributed by atoms with van der Waals surface area (Å²) >= 11 is 0. The first-order valence-corrected chi connectivity index (χ1v) is 15.2. The molecule has 1 fully saturated rings. The number of methoxy groups -OCH3 is 2. The second kappa shape index (κ2) is 13.7. The van der Waals surface area contributed by atoms with Crippen LogP contribution in [0.5, 0.6) is 11.5 Å². The van der Waals surface area contributed by atoms with Crippen molar-refractivity contribution in [1.82, 2.24) is 10.2 Å². The van der Waals surface area contributed by atoms with Crippen molar-refractivity contribution in [2.45, 2.75) is 56.1 Å². The van der Waals surface area contributed by atoms with E-state index in [-0.39, 0.29) is 40.4 Å². The number of benzene rings is 3. The summed E-state index contributed by atoms with van der Waals surface area (Å²) in [5.74, 6) is -0.906. The summed E-state index contributed by atoms with van der Waals surface area (Å²) in [5.41, 5.74) is 0.339. The number of carbonyl (C=O) groups is 2. The summed E-state index contributed by atoms with van der Waals surface area (Å²) in [7, 11) is -1.44. The average molecular weight is 598 g/mol. The van der Waals surface area contributed by atoms with Crippen molar-refractivity contribution in [2.75, 3.05) is 25.1 Å². The van der Waals surface area contributed by atoms with Gasteiger partial charge in [-0.3, -0.25) is 13.9 Å². The summed E-state index contributed by atoms with van der Waals surface area (Å²) in [6.45, 7) is 0.672. The molecule has 0 saturated heterocycles. The molecule has 0 aliphatic heterocycles. The summed E-state index contributed by atoms with van der Waals surface area (Å²) in [6.07, 6.45) is 3.71. The third kappa shape index (κ3) is 7.02. The zero-order chi connectivity index (χ0) is 30.3. The van der Waals surface area contributed by atoms with E-state index in [1.807, 2.05) is 0 Å². The predicted octanol–water partition coefficient (Wildman–Crippen LogP) is 4.51. The number of sulfonamides is 1. The van der Waals surface area contributed by atoms with E-state index >= 15 is 0 Å². The largest absolute Gasteiger partial charge is 0.497 e. The Morgan fingerprint density at radius 3 is 2.24 bits per heavy atom. The van der Waals surface area contributed by atoms with Gasteiger partial charge in [-0.05, 0) is 62.2 Å². The Balaban J connectivity index is 1.72. The van der Waals surface area contributed by atoms with Crippen LogP contribution in [0.2, 0.25) is 0 Å². The second-order valence-corrected chi connectivity index (χ2v) is 12.0. The molecule has 42 heavy (non-hydrogen) atoms. The molecule has 2 amide bonds. The molecule has 0 spiro atoms. The highest BCUT2D eigenvalue weighted by Crippen LogP contribution is 2.33. The van der Waals surface area contributed by atoms with Crippen LogP contribution in [-0.2, 0) is 26.2 Å². The van der Waals surface area contributed by atoms with Crippen molar-refractivity contribution >= 4 is 27.5 Å². The number of rotatable bonds is 12. The lowest BCUT2D eigenvalue weighted by Gasteiger charge is -2.33. The van der Waals surface area contributed by atoms with Crippen molar-refractivity contribution in [3.05, 3.63) is 84.2 Å². The van der Waals surface area contributed by atoms with E-state index < -0.39 is 34.3 Å². The second-order valence-electron chi connectivity index (χ2n) is 10.1. The summed E-state index contributed by atoms with van der Waals surface area (Å²) in [6, 6.07) is 17.2. The van der Waals surface area contributed by atoms with Crippen molar-refractivity contribution in [1.29, 1.82) is 0 Å². The first-order chi connectivity index (χ1) is 20.1. The molecule has 0 bridgehead atoms. The Hall–Kier alpha value is -4.12. The van der Waals surface area contributed by atoms with E-state index in [4.69, 9.17) is 9.47 Å². The molecule has 4 rings (SSSR count). The Labute approximate surface area is 246 Å². The minimum atomic E-state index is -4.31. The van der Waals surface area contributed by atoms with Crippen molar-refractivity contribution in [3.8, 4) is 11.5 Å². The summed E-state index contributed by atoms with van der Waals surface area (Å²) < 4.78 is 54.3. The molecule has 0 radical (unpaired) electrons. The van der Waals surface area contributed by atoms with Crippen molar-refractivity contribution in [3.63, 3.8) is 0 Å². The van der Waals surface area contributed by atoms with Crippen LogP contribution in [-0.4, -0.2) is 58.0 Å². The van der Waals surface area contributed by atoms with Crippen LogP contribution in [0.3, 0.4) is 0 Å². The number of halogens is 1. The molecule has 11 heteroatoms. The molecule has 224 valence electrons. The maximum absolute atomic E-state index is 14.7. The first-order valence-electron chi connectivity index (χ1n) is 13.8. The Morgan fingerprint density at radius 2 is 1.60 bits per heavy atom. The van der Waals surface area contributed by atoms with Gasteiger partial charge < -0.3 is 19.7 Å². The van der Waals surface area contributed by atoms with Gasteiger partial charge in [-0.25, -0.2) is 12.8 Å². The number of hydrogen-bond donors (Lipinski definition) is 1. The SMILES string of the molecule is COc1ccc(S(=O)(=O)N(CC(=O)N(Cc2ccccc2F)C(C)C(=O)NC2CCCC2)c2ccccc2OC)cc1. The van der Waals surface area contributed by atoms with Gasteiger partial charge in [0.2, 0.25) is 11.8 Å². The van der Waals surface area contributed by atoms with Crippen LogP contribution < -0.4 is 19.1 Å². The highest BCUT2D eigenvalue weighted by molar-refractivity contribution is 7.92. The maximum atomic E-state index is 14.7. The molecule has 0 heterocycles. The molecular weight excluding hydrogens is 561 g/mol. The van der Waals surface area contributed by atoms with Gasteiger partial charge in [0.25, 0.3) is 10.0 Å². The standard InChI is InChI=1S/C31H36FN3O6S/c1-22(31(37)33-24-11-5-6-12-24)34(20-23-10-4-7-13-27(23)32)30(36)21-35(28-14-8-9-15-29(28)41-3)42(38,39)26-18-16-25(40-2)17-19-26/h4,7-10,13-19,22,24H,5-6,11-12,20-21H2,1-3H3,(H,33,37). The van der Waals surface area contributed by atoms with Crippen LogP contribution in [0.1, 0.15) is 38.2 Å². The van der Waals surface area contributed by atoms with Crippen LogP contribution >= 0.6 is 0 Å². The number of carbonyl (C=O) groups excluding carboxylic acids is 2. The predicted molar refractivity (Wildman–Crippen MR) is 157 cm³/mol. The number of nitrogens with zero attached hydrogens (tertiary/aromatic N) is 2. The fourth-order valence-electron chi connectivity index (χ4n) is 5.01. The molecule has 1 saturated carbocycles. The molecule has 1 unspecified atom stereocenters. The molecule has 1 aliphatic rings. The quantitative estimate of drug-likeness (QED) is 0.329. The lowest BCUT2D eigenvalue weighted by atomic mass is 10.1. The van der Waals surface area contributed by atoms with E-state index in [0.717, 1.165) is 30.0 Å². The monoisotopic (exact) mass is 597 g/mol. The van der Waals surface area contributed by atoms with Gasteiger partial charge in [-0.15, -0.1) is 0 Å². The zero-order valence-corrected chi connectivity index (χ0v) is 24.8. The van der Waals surface area contributed by atoms with E-state index in [0.29, 0.717) is 5.75 Å². The molecule has 1 atom stereocenters. The Morgan fingerprint density at radius 1 is 0.952 bits per heavy atom. The maximum Gasteiger partial charge on any atom is 0.264 e. The minimum absolute atomic E-state index is 0.00546. The fourth-order valence-corrected chi connectivity index (χ4v) is 6.43. The lowest BCUT2D eigenvalue weighted by Crippen LogP contribution is -2.52. The van der Waals surface area contributed by atoms with Crippen LogP contribution in [0.15, 0.2) is 77.7 Å². The van der Waals surface area contributed by atoms with Gasteiger partial charge in [0.15, 0.2) is 0 Å². The van der Waals surface area contributed by atoms with Gasteiger partial charge in [-0.2, -0.15) is 0 Å².